The lowest BCUT2D eigenvalue weighted by Gasteiger charge is -2.31. The van der Waals surface area contributed by atoms with Crippen molar-refractivity contribution in [3.8, 4) is 0 Å². The minimum Gasteiger partial charge on any atom is -0.293 e. The van der Waals surface area contributed by atoms with Gasteiger partial charge in [0, 0.05) is 12.3 Å². The Balaban J connectivity index is 2.27. The maximum atomic E-state index is 13.8. The number of hydrogen-bond acceptors (Lipinski definition) is 3. The summed E-state index contributed by atoms with van der Waals surface area (Å²) in [4.78, 5) is 14.9. The van der Waals surface area contributed by atoms with E-state index in [9.17, 15) is 9.18 Å². The van der Waals surface area contributed by atoms with Gasteiger partial charge in [-0.2, -0.15) is 0 Å². The molecule has 2 rings (SSSR count). The van der Waals surface area contributed by atoms with Crippen molar-refractivity contribution in [2.45, 2.75) is 31.9 Å². The van der Waals surface area contributed by atoms with E-state index in [-0.39, 0.29) is 5.78 Å². The predicted octanol–water partition coefficient (Wildman–Crippen LogP) is 2.69. The highest BCUT2D eigenvalue weighted by atomic mass is 32.1. The molecule has 70 valence electrons. The molecule has 0 atom stereocenters. The summed E-state index contributed by atoms with van der Waals surface area (Å²) < 4.78 is 13.8. The van der Waals surface area contributed by atoms with Gasteiger partial charge in [0.1, 0.15) is 10.7 Å². The maximum absolute atomic E-state index is 13.8. The van der Waals surface area contributed by atoms with Crippen LogP contribution in [0.5, 0.6) is 0 Å². The average Bonchev–Trinajstić information content (AvgIpc) is 2.48. The smallest absolute Gasteiger partial charge is 0.178 e. The molecule has 0 amide bonds. The number of alkyl halides is 1. The van der Waals surface area contributed by atoms with E-state index < -0.39 is 5.67 Å². The molecule has 0 saturated heterocycles. The van der Waals surface area contributed by atoms with Crippen LogP contribution in [0.25, 0.3) is 0 Å². The van der Waals surface area contributed by atoms with Gasteiger partial charge in [0.2, 0.25) is 0 Å². The lowest BCUT2D eigenvalue weighted by Crippen LogP contribution is -2.28. The quantitative estimate of drug-likeness (QED) is 0.685. The van der Waals surface area contributed by atoms with E-state index in [0.717, 1.165) is 6.42 Å². The predicted molar refractivity (Wildman–Crippen MR) is 48.8 cm³/mol. The Kier molecular flexibility index (Phi) is 1.95. The van der Waals surface area contributed by atoms with Crippen molar-refractivity contribution in [3.05, 3.63) is 16.1 Å². The van der Waals surface area contributed by atoms with Crippen molar-refractivity contribution in [2.75, 3.05) is 0 Å². The van der Waals surface area contributed by atoms with Crippen LogP contribution in [0.3, 0.4) is 0 Å². The molecule has 1 saturated carbocycles. The van der Waals surface area contributed by atoms with E-state index in [1.807, 2.05) is 0 Å². The van der Waals surface area contributed by atoms with Gasteiger partial charge in [0.25, 0.3) is 0 Å². The van der Waals surface area contributed by atoms with Crippen LogP contribution < -0.4 is 0 Å². The summed E-state index contributed by atoms with van der Waals surface area (Å²) in [7, 11) is 0. The van der Waals surface area contributed by atoms with Gasteiger partial charge < -0.3 is 0 Å². The van der Waals surface area contributed by atoms with Gasteiger partial charge in [-0.15, -0.1) is 11.3 Å². The van der Waals surface area contributed by atoms with Gasteiger partial charge in [-0.25, -0.2) is 9.37 Å². The second-order valence-electron chi connectivity index (χ2n) is 3.41. The van der Waals surface area contributed by atoms with E-state index in [0.29, 0.717) is 23.5 Å². The zero-order valence-corrected chi connectivity index (χ0v) is 8.16. The van der Waals surface area contributed by atoms with Crippen molar-refractivity contribution < 1.29 is 9.18 Å². The summed E-state index contributed by atoms with van der Waals surface area (Å²) >= 11 is 1.25. The highest BCUT2D eigenvalue weighted by molar-refractivity contribution is 7.10. The first-order valence-electron chi connectivity index (χ1n) is 4.28. The molecule has 0 radical (unpaired) electrons. The first-order chi connectivity index (χ1) is 6.12. The Morgan fingerprint density at radius 2 is 2.38 bits per heavy atom. The Labute approximate surface area is 79.8 Å². The average molecular weight is 199 g/mol. The lowest BCUT2D eigenvalue weighted by atomic mass is 9.83. The molecule has 0 unspecified atom stereocenters. The molecule has 4 heteroatoms. The Bertz CT molecular complexity index is 343. The highest BCUT2D eigenvalue weighted by Gasteiger charge is 2.41. The van der Waals surface area contributed by atoms with E-state index in [1.54, 1.807) is 5.38 Å². The molecule has 1 heterocycles. The van der Waals surface area contributed by atoms with Gasteiger partial charge in [0.05, 0.1) is 0 Å². The van der Waals surface area contributed by atoms with Gasteiger partial charge in [-0.1, -0.05) is 0 Å². The monoisotopic (exact) mass is 199 g/mol. The van der Waals surface area contributed by atoms with Crippen LogP contribution in [0.1, 0.15) is 41.7 Å². The molecule has 2 nitrogen and oxygen atoms in total. The van der Waals surface area contributed by atoms with Crippen molar-refractivity contribution >= 4 is 17.1 Å². The second kappa shape index (κ2) is 2.87. The third-order valence-electron chi connectivity index (χ3n) is 2.39. The fourth-order valence-corrected chi connectivity index (χ4v) is 2.35. The summed E-state index contributed by atoms with van der Waals surface area (Å²) in [6.45, 7) is 1.45. The van der Waals surface area contributed by atoms with E-state index in [2.05, 4.69) is 4.98 Å². The SMILES string of the molecule is CC(=O)c1csc(C2(F)CCC2)n1. The van der Waals surface area contributed by atoms with Gasteiger partial charge in [-0.3, -0.25) is 4.79 Å². The Morgan fingerprint density at radius 1 is 1.69 bits per heavy atom. The molecule has 1 aliphatic carbocycles. The Morgan fingerprint density at radius 3 is 2.77 bits per heavy atom. The fraction of sp³-hybridized carbons (Fsp3) is 0.556. The number of thiazole rings is 1. The topological polar surface area (TPSA) is 30.0 Å². The van der Waals surface area contributed by atoms with Gasteiger partial charge in [-0.05, 0) is 19.3 Å². The maximum Gasteiger partial charge on any atom is 0.178 e. The molecular formula is C9H10FNOS. The summed E-state index contributed by atoms with van der Waals surface area (Å²) in [5, 5.41) is 2.11. The summed E-state index contributed by atoms with van der Waals surface area (Å²) in [6.07, 6.45) is 2.03. The molecule has 13 heavy (non-hydrogen) atoms. The third-order valence-corrected chi connectivity index (χ3v) is 3.42. The van der Waals surface area contributed by atoms with Gasteiger partial charge >= 0.3 is 0 Å². The fourth-order valence-electron chi connectivity index (χ4n) is 1.34. The molecule has 0 aromatic carbocycles. The summed E-state index contributed by atoms with van der Waals surface area (Å²) in [5.74, 6) is -0.0922. The molecular weight excluding hydrogens is 189 g/mol. The molecule has 0 aliphatic heterocycles. The van der Waals surface area contributed by atoms with Crippen LogP contribution in [0.15, 0.2) is 5.38 Å². The van der Waals surface area contributed by atoms with E-state index in [1.165, 1.54) is 18.3 Å². The van der Waals surface area contributed by atoms with Crippen LogP contribution in [-0.4, -0.2) is 10.8 Å². The number of rotatable bonds is 2. The van der Waals surface area contributed by atoms with Gasteiger partial charge in [0.15, 0.2) is 11.5 Å². The van der Waals surface area contributed by atoms with Crippen LogP contribution in [0, 0.1) is 0 Å². The van der Waals surface area contributed by atoms with Crippen molar-refractivity contribution in [2.24, 2.45) is 0 Å². The number of halogens is 1. The second-order valence-corrected chi connectivity index (χ2v) is 4.27. The van der Waals surface area contributed by atoms with Crippen LogP contribution in [0.4, 0.5) is 4.39 Å². The number of hydrogen-bond donors (Lipinski definition) is 0. The van der Waals surface area contributed by atoms with Crippen molar-refractivity contribution in [1.29, 1.82) is 0 Å². The summed E-state index contributed by atoms with van der Waals surface area (Å²) in [5.41, 5.74) is -0.831. The van der Waals surface area contributed by atoms with Crippen molar-refractivity contribution in [3.63, 3.8) is 0 Å². The highest BCUT2D eigenvalue weighted by Crippen LogP contribution is 2.45. The van der Waals surface area contributed by atoms with Crippen LogP contribution in [0.2, 0.25) is 0 Å². The van der Waals surface area contributed by atoms with Crippen LogP contribution in [-0.2, 0) is 5.67 Å². The zero-order valence-electron chi connectivity index (χ0n) is 7.34. The van der Waals surface area contributed by atoms with Crippen LogP contribution >= 0.6 is 11.3 Å². The number of carbonyl (C=O) groups is 1. The largest absolute Gasteiger partial charge is 0.293 e. The molecule has 0 spiro atoms. The first kappa shape index (κ1) is 8.81. The molecule has 1 aromatic heterocycles. The normalized spacial score (nSPS) is 19.5. The summed E-state index contributed by atoms with van der Waals surface area (Å²) in [6, 6.07) is 0. The molecule has 1 aliphatic rings. The number of nitrogens with zero attached hydrogens (tertiary/aromatic N) is 1. The number of ketones is 1. The van der Waals surface area contributed by atoms with E-state index in [4.69, 9.17) is 0 Å². The van der Waals surface area contributed by atoms with Crippen molar-refractivity contribution in [1.82, 2.24) is 4.98 Å². The lowest BCUT2D eigenvalue weighted by molar-refractivity contribution is 0.0604. The number of Topliss-reactive ketones (excluding diaryl/α,β-unsaturated/α-hetero) is 1. The molecule has 1 fully saturated rings. The minimum absolute atomic E-state index is 0.0922. The standard InChI is InChI=1S/C9H10FNOS/c1-6(12)7-5-13-8(11-7)9(10)3-2-4-9/h5H,2-4H2,1H3. The zero-order chi connectivity index (χ0) is 9.47. The molecule has 0 bridgehead atoms. The molecule has 1 aromatic rings. The minimum atomic E-state index is -1.22. The third kappa shape index (κ3) is 1.39. The number of aromatic nitrogens is 1. The first-order valence-corrected chi connectivity index (χ1v) is 5.16. The van der Waals surface area contributed by atoms with E-state index >= 15 is 0 Å². The number of carbonyl (C=O) groups excluding carboxylic acids is 1. The Hall–Kier alpha value is -0.770. The molecule has 0 N–H and O–H groups in total.